The monoisotopic (exact) mass is 311 g/mol. The molecule has 0 aliphatic carbocycles. The highest BCUT2D eigenvalue weighted by atomic mass is 19.1. The van der Waals surface area contributed by atoms with Crippen LogP contribution in [0.15, 0.2) is 52.9 Å². The summed E-state index contributed by atoms with van der Waals surface area (Å²) in [7, 11) is 0. The Balaban J connectivity index is 1.80. The highest BCUT2D eigenvalue weighted by molar-refractivity contribution is 6.01. The minimum absolute atomic E-state index is 0.143. The largest absolute Gasteiger partial charge is 0.412 e. The smallest absolute Gasteiger partial charge is 0.313 e. The van der Waals surface area contributed by atoms with Crippen LogP contribution in [0.3, 0.4) is 0 Å². The van der Waals surface area contributed by atoms with Crippen LogP contribution in [-0.4, -0.2) is 16.1 Å². The van der Waals surface area contributed by atoms with E-state index < -0.39 is 5.91 Å². The first-order chi connectivity index (χ1) is 11.2. The van der Waals surface area contributed by atoms with E-state index in [2.05, 4.69) is 15.5 Å². The average Bonchev–Trinajstić information content (AvgIpc) is 3.06. The van der Waals surface area contributed by atoms with E-state index >= 15 is 0 Å². The number of para-hydroxylation sites is 1. The Morgan fingerprint density at radius 2 is 1.87 bits per heavy atom. The molecule has 1 heterocycles. The molecule has 116 valence electrons. The summed E-state index contributed by atoms with van der Waals surface area (Å²) in [5, 5.41) is 10.3. The Morgan fingerprint density at radius 1 is 1.13 bits per heavy atom. The molecule has 23 heavy (non-hydrogen) atoms. The quantitative estimate of drug-likeness (QED) is 0.798. The number of anilines is 1. The molecule has 0 saturated heterocycles. The lowest BCUT2D eigenvalue weighted by molar-refractivity contribution is 0.0990. The number of hydrogen-bond acceptors (Lipinski definition) is 4. The Bertz CT molecular complexity index is 828. The summed E-state index contributed by atoms with van der Waals surface area (Å²) >= 11 is 0. The van der Waals surface area contributed by atoms with Gasteiger partial charge in [-0.3, -0.25) is 4.79 Å². The van der Waals surface area contributed by atoms with Gasteiger partial charge in [0.2, 0.25) is 5.89 Å². The van der Waals surface area contributed by atoms with Gasteiger partial charge in [-0.1, -0.05) is 25.1 Å². The summed E-state index contributed by atoms with van der Waals surface area (Å²) in [4.78, 5) is 12.2. The normalized spacial score (nSPS) is 10.5. The molecule has 0 fully saturated rings. The van der Waals surface area contributed by atoms with E-state index in [9.17, 15) is 9.18 Å². The minimum Gasteiger partial charge on any atom is -0.412 e. The molecule has 1 N–H and O–H groups in total. The molecule has 2 aromatic carbocycles. The van der Waals surface area contributed by atoms with E-state index in [1.807, 2.05) is 31.2 Å². The van der Waals surface area contributed by atoms with Crippen molar-refractivity contribution in [2.45, 2.75) is 13.3 Å². The van der Waals surface area contributed by atoms with Crippen LogP contribution in [0, 0.1) is 5.82 Å². The van der Waals surface area contributed by atoms with Crippen molar-refractivity contribution in [1.82, 2.24) is 10.2 Å². The topological polar surface area (TPSA) is 68.0 Å². The molecule has 1 amide bonds. The number of rotatable bonds is 4. The summed E-state index contributed by atoms with van der Waals surface area (Å²) in [5.74, 6) is -0.816. The molecular formula is C17H14FN3O2. The third kappa shape index (κ3) is 3.26. The number of aromatic nitrogens is 2. The second-order valence-electron chi connectivity index (χ2n) is 4.88. The van der Waals surface area contributed by atoms with E-state index in [1.165, 1.54) is 24.3 Å². The van der Waals surface area contributed by atoms with Crippen LogP contribution in [-0.2, 0) is 6.42 Å². The standard InChI is InChI=1S/C17H14FN3O2/c1-2-11-5-3-4-6-14(11)19-15(22)17-21-20-16(23-17)12-7-9-13(18)10-8-12/h3-10H,2H2,1H3,(H,19,22). The molecule has 0 aliphatic rings. The third-order valence-electron chi connectivity index (χ3n) is 3.36. The molecule has 0 atom stereocenters. The number of amides is 1. The third-order valence-corrected chi connectivity index (χ3v) is 3.36. The fourth-order valence-corrected chi connectivity index (χ4v) is 2.15. The second kappa shape index (κ2) is 6.39. The van der Waals surface area contributed by atoms with Gasteiger partial charge in [0.15, 0.2) is 0 Å². The van der Waals surface area contributed by atoms with E-state index in [4.69, 9.17) is 4.42 Å². The summed E-state index contributed by atoms with van der Waals surface area (Å²) < 4.78 is 18.3. The SMILES string of the molecule is CCc1ccccc1NC(=O)c1nnc(-c2ccc(F)cc2)o1. The predicted molar refractivity (Wildman–Crippen MR) is 83.5 cm³/mol. The number of nitrogens with zero attached hydrogens (tertiary/aromatic N) is 2. The summed E-state index contributed by atoms with van der Waals surface area (Å²) in [6.45, 7) is 2.00. The van der Waals surface area contributed by atoms with Crippen molar-refractivity contribution in [2.24, 2.45) is 0 Å². The van der Waals surface area contributed by atoms with E-state index in [-0.39, 0.29) is 17.6 Å². The molecule has 0 unspecified atom stereocenters. The predicted octanol–water partition coefficient (Wildman–Crippen LogP) is 3.69. The van der Waals surface area contributed by atoms with Gasteiger partial charge in [-0.25, -0.2) is 4.39 Å². The zero-order valence-corrected chi connectivity index (χ0v) is 12.4. The van der Waals surface area contributed by atoms with Crippen LogP contribution in [0.5, 0.6) is 0 Å². The Kier molecular flexibility index (Phi) is 4.14. The number of halogens is 1. The second-order valence-corrected chi connectivity index (χ2v) is 4.88. The number of aryl methyl sites for hydroxylation is 1. The van der Waals surface area contributed by atoms with E-state index in [0.717, 1.165) is 12.0 Å². The maximum absolute atomic E-state index is 12.9. The molecule has 6 heteroatoms. The van der Waals surface area contributed by atoms with Crippen LogP contribution in [0.25, 0.3) is 11.5 Å². The number of hydrogen-bond donors (Lipinski definition) is 1. The molecule has 0 bridgehead atoms. The van der Waals surface area contributed by atoms with Crippen molar-refractivity contribution in [3.05, 3.63) is 65.8 Å². The van der Waals surface area contributed by atoms with Gasteiger partial charge >= 0.3 is 11.8 Å². The van der Waals surface area contributed by atoms with Gasteiger partial charge in [0.05, 0.1) is 0 Å². The lowest BCUT2D eigenvalue weighted by Crippen LogP contribution is -2.13. The maximum atomic E-state index is 12.9. The zero-order chi connectivity index (χ0) is 16.2. The van der Waals surface area contributed by atoms with Crippen molar-refractivity contribution >= 4 is 11.6 Å². The Hall–Kier alpha value is -3.02. The van der Waals surface area contributed by atoms with Gasteiger partial charge in [0.1, 0.15) is 5.82 Å². The summed E-state index contributed by atoms with van der Waals surface area (Å²) in [6.07, 6.45) is 0.793. The molecule has 0 saturated carbocycles. The van der Waals surface area contributed by atoms with Crippen LogP contribution in [0.1, 0.15) is 23.2 Å². The molecular weight excluding hydrogens is 297 g/mol. The molecule has 0 spiro atoms. The van der Waals surface area contributed by atoms with Crippen molar-refractivity contribution in [3.8, 4) is 11.5 Å². The van der Waals surface area contributed by atoms with Crippen LogP contribution < -0.4 is 5.32 Å². The fourth-order valence-electron chi connectivity index (χ4n) is 2.15. The first kappa shape index (κ1) is 14.9. The number of carbonyl (C=O) groups is 1. The highest BCUT2D eigenvalue weighted by Gasteiger charge is 2.17. The summed E-state index contributed by atoms with van der Waals surface area (Å²) in [6, 6.07) is 13.1. The van der Waals surface area contributed by atoms with Crippen LogP contribution >= 0.6 is 0 Å². The van der Waals surface area contributed by atoms with Crippen molar-refractivity contribution in [1.29, 1.82) is 0 Å². The first-order valence-electron chi connectivity index (χ1n) is 7.16. The van der Waals surface area contributed by atoms with E-state index in [1.54, 1.807) is 0 Å². The molecule has 1 aromatic heterocycles. The van der Waals surface area contributed by atoms with Gasteiger partial charge in [-0.15, -0.1) is 10.2 Å². The average molecular weight is 311 g/mol. The highest BCUT2D eigenvalue weighted by Crippen LogP contribution is 2.20. The lowest BCUT2D eigenvalue weighted by Gasteiger charge is -2.07. The van der Waals surface area contributed by atoms with Gasteiger partial charge in [0, 0.05) is 11.3 Å². The Morgan fingerprint density at radius 3 is 2.61 bits per heavy atom. The van der Waals surface area contributed by atoms with E-state index in [0.29, 0.717) is 11.3 Å². The van der Waals surface area contributed by atoms with Gasteiger partial charge in [0.25, 0.3) is 0 Å². The van der Waals surface area contributed by atoms with Gasteiger partial charge in [-0.2, -0.15) is 0 Å². The lowest BCUT2D eigenvalue weighted by atomic mass is 10.1. The van der Waals surface area contributed by atoms with Crippen molar-refractivity contribution in [2.75, 3.05) is 5.32 Å². The maximum Gasteiger partial charge on any atom is 0.313 e. The van der Waals surface area contributed by atoms with Crippen molar-refractivity contribution < 1.29 is 13.6 Å². The molecule has 0 aliphatic heterocycles. The fraction of sp³-hybridized carbons (Fsp3) is 0.118. The molecule has 0 radical (unpaired) electrons. The van der Waals surface area contributed by atoms with Crippen LogP contribution in [0.2, 0.25) is 0 Å². The van der Waals surface area contributed by atoms with Crippen LogP contribution in [0.4, 0.5) is 10.1 Å². The molecule has 3 rings (SSSR count). The Labute approximate surface area is 132 Å². The molecule has 5 nitrogen and oxygen atoms in total. The number of carbonyl (C=O) groups excluding carboxylic acids is 1. The minimum atomic E-state index is -0.480. The zero-order valence-electron chi connectivity index (χ0n) is 12.4. The number of nitrogens with one attached hydrogen (secondary N) is 1. The first-order valence-corrected chi connectivity index (χ1v) is 7.16. The van der Waals surface area contributed by atoms with Gasteiger partial charge in [-0.05, 0) is 42.3 Å². The molecule has 3 aromatic rings. The van der Waals surface area contributed by atoms with Crippen molar-refractivity contribution in [3.63, 3.8) is 0 Å². The summed E-state index contributed by atoms with van der Waals surface area (Å²) in [5.41, 5.74) is 2.27. The van der Waals surface area contributed by atoms with Gasteiger partial charge < -0.3 is 9.73 Å². The number of benzene rings is 2.